The van der Waals surface area contributed by atoms with Crippen LogP contribution in [0.2, 0.25) is 0 Å². The Balaban J connectivity index is 4.87. The first-order chi connectivity index (χ1) is 36.2. The van der Waals surface area contributed by atoms with Crippen LogP contribution in [0, 0.1) is 0 Å². The molecule has 11 nitrogen and oxygen atoms in total. The van der Waals surface area contributed by atoms with Gasteiger partial charge < -0.3 is 24.2 Å². The molecule has 0 amide bonds. The van der Waals surface area contributed by atoms with E-state index in [4.69, 9.17) is 23.3 Å². The lowest BCUT2D eigenvalue weighted by Gasteiger charge is -2.21. The van der Waals surface area contributed by atoms with Crippen molar-refractivity contribution in [2.75, 3.05) is 26.4 Å². The maximum absolute atomic E-state index is 12.9. The summed E-state index contributed by atoms with van der Waals surface area (Å²) in [5.74, 6) is -1.66. The van der Waals surface area contributed by atoms with E-state index in [0.29, 0.717) is 19.3 Å². The second-order valence-electron chi connectivity index (χ2n) is 18.4. The minimum Gasteiger partial charge on any atom is -0.462 e. The van der Waals surface area contributed by atoms with E-state index in [0.717, 1.165) is 128 Å². The van der Waals surface area contributed by atoms with Crippen molar-refractivity contribution in [3.63, 3.8) is 0 Å². The van der Waals surface area contributed by atoms with E-state index >= 15 is 0 Å². The van der Waals surface area contributed by atoms with Crippen LogP contribution < -0.4 is 0 Å². The van der Waals surface area contributed by atoms with Gasteiger partial charge in [0, 0.05) is 12.8 Å². The van der Waals surface area contributed by atoms with E-state index in [1.165, 1.54) is 25.7 Å². The Bertz CT molecular complexity index is 1700. The zero-order valence-corrected chi connectivity index (χ0v) is 47.2. The van der Waals surface area contributed by atoms with Gasteiger partial charge in [0.1, 0.15) is 12.7 Å². The van der Waals surface area contributed by atoms with E-state index in [1.54, 1.807) is 6.08 Å². The number of carbonyl (C=O) groups excluding carboxylic acids is 3. The Labute approximate surface area is 449 Å². The number of aliphatic hydroxyl groups is 1. The van der Waals surface area contributed by atoms with Crippen LogP contribution in [0.4, 0.5) is 0 Å². The van der Waals surface area contributed by atoms with Crippen LogP contribution in [0.3, 0.4) is 0 Å². The molecule has 0 bridgehead atoms. The fourth-order valence-electron chi connectivity index (χ4n) is 7.06. The molecule has 0 aliphatic rings. The summed E-state index contributed by atoms with van der Waals surface area (Å²) in [4.78, 5) is 48.4. The lowest BCUT2D eigenvalue weighted by molar-refractivity contribution is -0.160. The lowest BCUT2D eigenvalue weighted by atomic mass is 10.1. The van der Waals surface area contributed by atoms with Crippen molar-refractivity contribution < 1.29 is 52.2 Å². The molecule has 2 N–H and O–H groups in total. The number of ether oxygens (including phenoxy) is 3. The predicted molar refractivity (Wildman–Crippen MR) is 306 cm³/mol. The molecule has 0 aliphatic carbocycles. The molecule has 0 saturated heterocycles. The van der Waals surface area contributed by atoms with Crippen LogP contribution in [0.25, 0.3) is 0 Å². The highest BCUT2D eigenvalue weighted by Gasteiger charge is 2.28. The van der Waals surface area contributed by atoms with Crippen molar-refractivity contribution in [2.45, 2.75) is 226 Å². The predicted octanol–water partition coefficient (Wildman–Crippen LogP) is 16.8. The SMILES string of the molecule is CC/C=C\C/C=C\C/C=C\C/C=C\C/C=C\CC(=O)OC(COC(=O)CCCCCCCC/C=C\C/C=C\C/C=C\CCCCC)COP(=O)(O)OCC(CO)OC(=O)CCCCCCC/C=C\C/C=C\CCC. The van der Waals surface area contributed by atoms with Gasteiger partial charge in [-0.2, -0.15) is 0 Å². The van der Waals surface area contributed by atoms with Gasteiger partial charge in [-0.25, -0.2) is 4.57 Å². The Morgan fingerprint density at radius 2 is 0.784 bits per heavy atom. The van der Waals surface area contributed by atoms with Gasteiger partial charge in [0.15, 0.2) is 6.10 Å². The van der Waals surface area contributed by atoms with Gasteiger partial charge in [-0.05, 0) is 109 Å². The van der Waals surface area contributed by atoms with Gasteiger partial charge in [-0.1, -0.05) is 206 Å². The smallest absolute Gasteiger partial charge is 0.462 e. The third-order valence-electron chi connectivity index (χ3n) is 11.4. The van der Waals surface area contributed by atoms with Crippen LogP contribution in [0.5, 0.6) is 0 Å². The number of phosphoric acid groups is 1. The van der Waals surface area contributed by atoms with E-state index in [-0.39, 0.29) is 25.9 Å². The first kappa shape index (κ1) is 69.9. The van der Waals surface area contributed by atoms with Crippen molar-refractivity contribution in [1.82, 2.24) is 0 Å². The summed E-state index contributed by atoms with van der Waals surface area (Å²) in [7, 11) is -4.79. The zero-order chi connectivity index (χ0) is 54.1. The minimum absolute atomic E-state index is 0.0745. The molecule has 0 spiro atoms. The maximum atomic E-state index is 12.9. The molecule has 0 radical (unpaired) electrons. The Morgan fingerprint density at radius 3 is 1.24 bits per heavy atom. The number of aliphatic hydroxyl groups excluding tert-OH is 1. The van der Waals surface area contributed by atoms with E-state index in [1.807, 2.05) is 18.2 Å². The van der Waals surface area contributed by atoms with Crippen LogP contribution in [-0.4, -0.2) is 66.5 Å². The summed E-state index contributed by atoms with van der Waals surface area (Å²) >= 11 is 0. The number of allylic oxidation sites excluding steroid dienone is 19. The molecule has 74 heavy (non-hydrogen) atoms. The monoisotopic (exact) mass is 1050 g/mol. The fraction of sp³-hybridized carbons (Fsp3) is 0.629. The maximum Gasteiger partial charge on any atom is 0.472 e. The third-order valence-corrected chi connectivity index (χ3v) is 12.3. The van der Waals surface area contributed by atoms with Crippen LogP contribution in [0.1, 0.15) is 213 Å². The molecule has 0 aromatic rings. The van der Waals surface area contributed by atoms with Crippen molar-refractivity contribution in [2.24, 2.45) is 0 Å². The molecule has 0 aromatic carbocycles. The molecule has 12 heteroatoms. The number of unbranched alkanes of at least 4 members (excludes halogenated alkanes) is 15. The van der Waals surface area contributed by atoms with Gasteiger partial charge in [-0.3, -0.25) is 23.4 Å². The molecular weight excluding hydrogens is 952 g/mol. The molecular formula is C62H101O11P. The molecule has 420 valence electrons. The van der Waals surface area contributed by atoms with E-state index < -0.39 is 57.8 Å². The molecule has 3 atom stereocenters. The largest absolute Gasteiger partial charge is 0.472 e. The van der Waals surface area contributed by atoms with Gasteiger partial charge >= 0.3 is 25.7 Å². The quantitative estimate of drug-likeness (QED) is 0.0197. The van der Waals surface area contributed by atoms with Crippen LogP contribution >= 0.6 is 7.82 Å². The number of carbonyl (C=O) groups is 3. The van der Waals surface area contributed by atoms with Crippen molar-refractivity contribution >= 4 is 25.7 Å². The van der Waals surface area contributed by atoms with Gasteiger partial charge in [-0.15, -0.1) is 0 Å². The fourth-order valence-corrected chi connectivity index (χ4v) is 7.85. The standard InChI is InChI=1S/C62H101O11P/c1-4-7-10-13-16-19-22-25-27-28-29-30-32-34-36-39-42-45-48-51-60(64)69-55-59(73-62(66)53-50-47-44-41-38-35-31-26-23-20-17-14-11-8-5-2)57-71-74(67,68)70-56-58(54-63)72-61(65)52-49-46-43-40-37-33-24-21-18-15-12-9-6-3/h8,11-12,15-17,19-21,24-27,29-31,38,41,47,50,58-59,63H,4-7,9-10,13-14,18,22-23,28,32-37,39-40,42-46,48-49,51-57H2,1-3H3,(H,67,68)/b11-8-,15-12-,19-16-,20-17-,24-21-,27-25-,30-29-,31-26-,41-38-,50-47-. The summed E-state index contributed by atoms with van der Waals surface area (Å²) in [6.45, 7) is 4.28. The number of esters is 3. The normalized spacial score (nSPS) is 14.3. The van der Waals surface area contributed by atoms with Crippen LogP contribution in [0.15, 0.2) is 122 Å². The molecule has 0 saturated carbocycles. The highest BCUT2D eigenvalue weighted by Crippen LogP contribution is 2.43. The first-order valence-electron chi connectivity index (χ1n) is 28.4. The van der Waals surface area contributed by atoms with Crippen molar-refractivity contribution in [1.29, 1.82) is 0 Å². The third kappa shape index (κ3) is 52.7. The van der Waals surface area contributed by atoms with Gasteiger partial charge in [0.05, 0.1) is 26.2 Å². The number of phosphoric ester groups is 1. The molecule has 0 fully saturated rings. The van der Waals surface area contributed by atoms with E-state index in [9.17, 15) is 28.9 Å². The topological polar surface area (TPSA) is 155 Å². The second kappa shape index (κ2) is 55.1. The summed E-state index contributed by atoms with van der Waals surface area (Å²) in [6, 6.07) is 0. The Hall–Kier alpha value is -4.12. The molecule has 0 rings (SSSR count). The number of hydrogen-bond donors (Lipinski definition) is 2. The first-order valence-corrected chi connectivity index (χ1v) is 29.9. The average molecular weight is 1050 g/mol. The molecule has 0 aromatic heterocycles. The lowest BCUT2D eigenvalue weighted by Crippen LogP contribution is -2.30. The van der Waals surface area contributed by atoms with Gasteiger partial charge in [0.2, 0.25) is 0 Å². The Kier molecular flexibility index (Phi) is 52.1. The van der Waals surface area contributed by atoms with Crippen molar-refractivity contribution in [3.05, 3.63) is 122 Å². The van der Waals surface area contributed by atoms with Crippen LogP contribution in [-0.2, 0) is 42.2 Å². The summed E-state index contributed by atoms with van der Waals surface area (Å²) in [5, 5.41) is 9.80. The highest BCUT2D eigenvalue weighted by molar-refractivity contribution is 7.47. The van der Waals surface area contributed by atoms with E-state index in [2.05, 4.69) is 118 Å². The number of rotatable bonds is 51. The molecule has 3 unspecified atom stereocenters. The van der Waals surface area contributed by atoms with Gasteiger partial charge in [0.25, 0.3) is 0 Å². The Morgan fingerprint density at radius 1 is 0.405 bits per heavy atom. The van der Waals surface area contributed by atoms with Crippen molar-refractivity contribution in [3.8, 4) is 0 Å². The summed E-state index contributed by atoms with van der Waals surface area (Å²) in [5.41, 5.74) is 0. The number of hydrogen-bond acceptors (Lipinski definition) is 10. The molecule has 0 heterocycles. The molecule has 0 aliphatic heterocycles. The minimum atomic E-state index is -4.79. The average Bonchev–Trinajstić information content (AvgIpc) is 3.39. The second-order valence-corrected chi connectivity index (χ2v) is 19.8. The zero-order valence-electron chi connectivity index (χ0n) is 46.3. The summed E-state index contributed by atoms with van der Waals surface area (Å²) in [6.07, 6.45) is 67.6. The highest BCUT2D eigenvalue weighted by atomic mass is 31.2. The summed E-state index contributed by atoms with van der Waals surface area (Å²) < 4.78 is 39.3.